The molecule has 1 aromatic carbocycles. The number of anilines is 2. The highest BCUT2D eigenvalue weighted by Gasteiger charge is 2.22. The number of nitrogens with zero attached hydrogens (tertiary/aromatic N) is 4. The molecular weight excluding hydrogens is 434 g/mol. The second kappa shape index (κ2) is 10.8. The molecule has 0 radical (unpaired) electrons. The molecule has 2 N–H and O–H groups in total. The normalized spacial score (nSPS) is 11.7. The first-order chi connectivity index (χ1) is 16.2. The molecule has 2 heterocycles. The predicted octanol–water partition coefficient (Wildman–Crippen LogP) is 3.85. The largest absolute Gasteiger partial charge is 0.496 e. The lowest BCUT2D eigenvalue weighted by Crippen LogP contribution is -2.32. The van der Waals surface area contributed by atoms with Gasteiger partial charge >= 0.3 is 5.97 Å². The number of carboxylic acid groups (broad SMARTS) is 1. The molecule has 9 heteroatoms. The molecule has 1 atom stereocenters. The van der Waals surface area contributed by atoms with Gasteiger partial charge in [-0.25, -0.2) is 9.78 Å². The predicted molar refractivity (Wildman–Crippen MR) is 132 cm³/mol. The van der Waals surface area contributed by atoms with Crippen molar-refractivity contribution in [2.45, 2.75) is 32.2 Å². The Morgan fingerprint density at radius 3 is 2.24 bits per heavy atom. The highest BCUT2D eigenvalue weighted by atomic mass is 16.5. The van der Waals surface area contributed by atoms with Crippen molar-refractivity contribution < 1.29 is 19.4 Å². The summed E-state index contributed by atoms with van der Waals surface area (Å²) in [6, 6.07) is 8.33. The third-order valence-electron chi connectivity index (χ3n) is 5.38. The highest BCUT2D eigenvalue weighted by Crippen LogP contribution is 2.37. The van der Waals surface area contributed by atoms with Gasteiger partial charge in [-0.05, 0) is 29.7 Å². The Balaban J connectivity index is 1.87. The first-order valence-corrected chi connectivity index (χ1v) is 10.9. The molecule has 34 heavy (non-hydrogen) atoms. The van der Waals surface area contributed by atoms with E-state index in [9.17, 15) is 9.90 Å². The van der Waals surface area contributed by atoms with Gasteiger partial charge in [-0.2, -0.15) is 4.98 Å². The van der Waals surface area contributed by atoms with Crippen molar-refractivity contribution in [2.75, 3.05) is 38.5 Å². The SMILES string of the molecule is COc1cccc(OC)c1-c1ccc(C[C@H](Nc2nc(N(C)C)ncc2C(C)C)C(=O)O)cn1. The molecular formula is C25H31N5O4. The number of aromatic nitrogens is 3. The zero-order valence-electron chi connectivity index (χ0n) is 20.4. The number of aliphatic carboxylic acids is 1. The molecule has 180 valence electrons. The number of pyridine rings is 1. The van der Waals surface area contributed by atoms with E-state index in [1.165, 1.54) is 0 Å². The maximum absolute atomic E-state index is 12.1. The Morgan fingerprint density at radius 2 is 1.74 bits per heavy atom. The first kappa shape index (κ1) is 24.8. The fourth-order valence-electron chi connectivity index (χ4n) is 3.53. The van der Waals surface area contributed by atoms with Gasteiger partial charge in [-0.3, -0.25) is 4.98 Å². The van der Waals surface area contributed by atoms with Crippen LogP contribution in [0.25, 0.3) is 11.3 Å². The minimum Gasteiger partial charge on any atom is -0.496 e. The van der Waals surface area contributed by atoms with Gasteiger partial charge in [0, 0.05) is 38.5 Å². The van der Waals surface area contributed by atoms with Gasteiger partial charge in [-0.1, -0.05) is 26.0 Å². The van der Waals surface area contributed by atoms with Crippen molar-refractivity contribution in [3.05, 3.63) is 53.9 Å². The Labute approximate surface area is 199 Å². The van der Waals surface area contributed by atoms with Crippen LogP contribution in [-0.2, 0) is 11.2 Å². The van der Waals surface area contributed by atoms with Crippen LogP contribution in [0, 0.1) is 0 Å². The molecule has 3 rings (SSSR count). The molecule has 0 fully saturated rings. The highest BCUT2D eigenvalue weighted by molar-refractivity contribution is 5.78. The molecule has 0 bridgehead atoms. The number of rotatable bonds is 10. The van der Waals surface area contributed by atoms with E-state index in [0.29, 0.717) is 29.0 Å². The second-order valence-corrected chi connectivity index (χ2v) is 8.35. The molecule has 0 aliphatic heterocycles. The van der Waals surface area contributed by atoms with Crippen LogP contribution in [0.5, 0.6) is 11.5 Å². The topological polar surface area (TPSA) is 110 Å². The van der Waals surface area contributed by atoms with Crippen molar-refractivity contribution in [3.63, 3.8) is 0 Å². The lowest BCUT2D eigenvalue weighted by molar-refractivity contribution is -0.137. The summed E-state index contributed by atoms with van der Waals surface area (Å²) >= 11 is 0. The summed E-state index contributed by atoms with van der Waals surface area (Å²) in [5, 5.41) is 13.0. The van der Waals surface area contributed by atoms with Gasteiger partial charge < -0.3 is 24.8 Å². The fraction of sp³-hybridized carbons (Fsp3) is 0.360. The minimum atomic E-state index is -0.977. The number of hydrogen-bond acceptors (Lipinski definition) is 8. The van der Waals surface area contributed by atoms with Gasteiger partial charge in [0.2, 0.25) is 5.95 Å². The minimum absolute atomic E-state index is 0.130. The molecule has 0 amide bonds. The number of carbonyl (C=O) groups is 1. The van der Waals surface area contributed by atoms with Crippen LogP contribution in [-0.4, -0.2) is 60.4 Å². The van der Waals surface area contributed by atoms with Crippen molar-refractivity contribution in [3.8, 4) is 22.8 Å². The zero-order chi connectivity index (χ0) is 24.8. The molecule has 2 aromatic heterocycles. The summed E-state index contributed by atoms with van der Waals surface area (Å²) < 4.78 is 10.9. The summed E-state index contributed by atoms with van der Waals surface area (Å²) in [6.45, 7) is 4.04. The monoisotopic (exact) mass is 465 g/mol. The van der Waals surface area contributed by atoms with E-state index in [1.807, 2.05) is 58.3 Å². The number of carboxylic acids is 1. The summed E-state index contributed by atoms with van der Waals surface area (Å²) in [6.07, 6.45) is 3.64. The van der Waals surface area contributed by atoms with Crippen molar-refractivity contribution in [1.29, 1.82) is 0 Å². The number of ether oxygens (including phenoxy) is 2. The lowest BCUT2D eigenvalue weighted by atomic mass is 10.0. The van der Waals surface area contributed by atoms with Crippen molar-refractivity contribution in [2.24, 2.45) is 0 Å². The van der Waals surface area contributed by atoms with E-state index in [1.54, 1.807) is 31.5 Å². The van der Waals surface area contributed by atoms with E-state index in [2.05, 4.69) is 20.3 Å². The fourth-order valence-corrected chi connectivity index (χ4v) is 3.53. The average Bonchev–Trinajstić information content (AvgIpc) is 2.83. The number of benzene rings is 1. The lowest BCUT2D eigenvalue weighted by Gasteiger charge is -2.21. The Bertz CT molecular complexity index is 1110. The molecule has 0 aliphatic carbocycles. The summed E-state index contributed by atoms with van der Waals surface area (Å²) in [5.41, 5.74) is 3.04. The van der Waals surface area contributed by atoms with Crippen molar-refractivity contribution >= 4 is 17.7 Å². The molecule has 0 aliphatic rings. The van der Waals surface area contributed by atoms with Gasteiger partial charge in [0.05, 0.1) is 25.5 Å². The molecule has 3 aromatic rings. The molecule has 0 saturated carbocycles. The average molecular weight is 466 g/mol. The van der Waals surface area contributed by atoms with E-state index >= 15 is 0 Å². The maximum atomic E-state index is 12.1. The van der Waals surface area contributed by atoms with Crippen LogP contribution < -0.4 is 19.7 Å². The van der Waals surface area contributed by atoms with Crippen LogP contribution in [0.3, 0.4) is 0 Å². The Hall–Kier alpha value is -3.88. The number of methoxy groups -OCH3 is 2. The summed E-state index contributed by atoms with van der Waals surface area (Å²) in [4.78, 5) is 27.3. The maximum Gasteiger partial charge on any atom is 0.326 e. The van der Waals surface area contributed by atoms with Gasteiger partial charge in [0.25, 0.3) is 0 Å². The Morgan fingerprint density at radius 1 is 1.06 bits per heavy atom. The summed E-state index contributed by atoms with van der Waals surface area (Å²) in [7, 11) is 6.87. The molecule has 0 spiro atoms. The van der Waals surface area contributed by atoms with Crippen LogP contribution in [0.1, 0.15) is 30.9 Å². The van der Waals surface area contributed by atoms with E-state index in [0.717, 1.165) is 16.7 Å². The molecule has 0 saturated heterocycles. The summed E-state index contributed by atoms with van der Waals surface area (Å²) in [5.74, 6) is 1.47. The van der Waals surface area contributed by atoms with E-state index < -0.39 is 12.0 Å². The van der Waals surface area contributed by atoms with Gasteiger partial charge in [0.15, 0.2) is 0 Å². The van der Waals surface area contributed by atoms with Crippen LogP contribution in [0.15, 0.2) is 42.7 Å². The standard InChI is InChI=1S/C25H31N5O4/c1-15(2)17-14-27-25(30(3)4)29-23(17)28-19(24(31)32)12-16-10-11-18(26-13-16)22-20(33-5)8-7-9-21(22)34-6/h7-11,13-15,19H,12H2,1-6H3,(H,31,32)(H,27,28,29)/t19-/m0/s1. The van der Waals surface area contributed by atoms with Gasteiger partial charge in [0.1, 0.15) is 23.4 Å². The first-order valence-electron chi connectivity index (χ1n) is 10.9. The third kappa shape index (κ3) is 5.54. The van der Waals surface area contributed by atoms with Crippen molar-refractivity contribution in [1.82, 2.24) is 15.0 Å². The smallest absolute Gasteiger partial charge is 0.326 e. The number of nitrogens with one attached hydrogen (secondary N) is 1. The third-order valence-corrected chi connectivity index (χ3v) is 5.38. The Kier molecular flexibility index (Phi) is 7.88. The van der Waals surface area contributed by atoms with E-state index in [-0.39, 0.29) is 12.3 Å². The van der Waals surface area contributed by atoms with Crippen LogP contribution in [0.2, 0.25) is 0 Å². The molecule has 0 unspecified atom stereocenters. The quantitative estimate of drug-likeness (QED) is 0.461. The van der Waals surface area contributed by atoms with Crippen LogP contribution >= 0.6 is 0 Å². The second-order valence-electron chi connectivity index (χ2n) is 8.35. The van der Waals surface area contributed by atoms with Gasteiger partial charge in [-0.15, -0.1) is 0 Å². The number of hydrogen-bond donors (Lipinski definition) is 2. The van der Waals surface area contributed by atoms with Crippen LogP contribution in [0.4, 0.5) is 11.8 Å². The zero-order valence-corrected chi connectivity index (χ0v) is 20.4. The van der Waals surface area contributed by atoms with E-state index in [4.69, 9.17) is 9.47 Å². The molecule has 9 nitrogen and oxygen atoms in total.